The molecule has 0 spiro atoms. The van der Waals surface area contributed by atoms with Crippen molar-refractivity contribution in [2.45, 2.75) is 13.8 Å². The number of methoxy groups -OCH3 is 1. The largest absolute Gasteiger partial charge is 0.497 e. The average Bonchev–Trinajstić information content (AvgIpc) is 2.60. The zero-order chi connectivity index (χ0) is 17.4. The van der Waals surface area contributed by atoms with Crippen LogP contribution >= 0.6 is 0 Å². The van der Waals surface area contributed by atoms with Gasteiger partial charge < -0.3 is 19.5 Å². The van der Waals surface area contributed by atoms with E-state index < -0.39 is 0 Å². The third-order valence-corrected chi connectivity index (χ3v) is 3.45. The van der Waals surface area contributed by atoms with Crippen LogP contribution in [0.1, 0.15) is 11.1 Å². The van der Waals surface area contributed by atoms with Crippen LogP contribution in [0.2, 0.25) is 0 Å². The minimum absolute atomic E-state index is 0.0319. The molecule has 0 atom stereocenters. The van der Waals surface area contributed by atoms with E-state index in [1.165, 1.54) is 0 Å². The van der Waals surface area contributed by atoms with Crippen molar-refractivity contribution in [1.29, 1.82) is 0 Å². The highest BCUT2D eigenvalue weighted by atomic mass is 16.5. The lowest BCUT2D eigenvalue weighted by molar-refractivity contribution is -0.123. The molecule has 0 aliphatic heterocycles. The summed E-state index contributed by atoms with van der Waals surface area (Å²) in [5.41, 5.74) is 2.22. The maximum absolute atomic E-state index is 11.8. The highest BCUT2D eigenvalue weighted by Gasteiger charge is 2.04. The van der Waals surface area contributed by atoms with Gasteiger partial charge in [0.1, 0.15) is 23.9 Å². The summed E-state index contributed by atoms with van der Waals surface area (Å²) in [6.07, 6.45) is 0. The summed E-state index contributed by atoms with van der Waals surface area (Å²) in [6, 6.07) is 13.1. The van der Waals surface area contributed by atoms with Crippen molar-refractivity contribution >= 4 is 5.91 Å². The molecule has 0 aliphatic rings. The molecule has 0 radical (unpaired) electrons. The van der Waals surface area contributed by atoms with Gasteiger partial charge in [-0.15, -0.1) is 0 Å². The molecule has 128 valence electrons. The van der Waals surface area contributed by atoms with E-state index in [0.717, 1.165) is 22.6 Å². The Labute approximate surface area is 142 Å². The molecule has 0 saturated carbocycles. The van der Waals surface area contributed by atoms with E-state index in [2.05, 4.69) is 5.32 Å². The quantitative estimate of drug-likeness (QED) is 0.757. The van der Waals surface area contributed by atoms with E-state index in [9.17, 15) is 4.79 Å². The molecule has 0 aromatic heterocycles. The number of hydrogen-bond donors (Lipinski definition) is 1. The first-order chi connectivity index (χ1) is 11.6. The van der Waals surface area contributed by atoms with Crippen molar-refractivity contribution < 1.29 is 19.0 Å². The lowest BCUT2D eigenvalue weighted by atomic mass is 10.1. The molecule has 0 heterocycles. The first kappa shape index (κ1) is 17.7. The van der Waals surface area contributed by atoms with Gasteiger partial charge >= 0.3 is 0 Å². The van der Waals surface area contributed by atoms with Crippen LogP contribution in [0, 0.1) is 13.8 Å². The second-order valence-electron chi connectivity index (χ2n) is 5.43. The van der Waals surface area contributed by atoms with Crippen LogP contribution in [0.5, 0.6) is 17.2 Å². The molecule has 2 aromatic rings. The molecule has 5 nitrogen and oxygen atoms in total. The van der Waals surface area contributed by atoms with Gasteiger partial charge in [-0.1, -0.05) is 12.1 Å². The molecule has 24 heavy (non-hydrogen) atoms. The Balaban J connectivity index is 1.66. The van der Waals surface area contributed by atoms with Crippen molar-refractivity contribution in [2.24, 2.45) is 0 Å². The van der Waals surface area contributed by atoms with Crippen LogP contribution in [0.4, 0.5) is 0 Å². The van der Waals surface area contributed by atoms with Crippen molar-refractivity contribution in [2.75, 3.05) is 26.9 Å². The Hall–Kier alpha value is -2.69. The smallest absolute Gasteiger partial charge is 0.258 e. The Kier molecular flexibility index (Phi) is 6.49. The Morgan fingerprint density at radius 3 is 2.42 bits per heavy atom. The van der Waals surface area contributed by atoms with Crippen LogP contribution in [0.15, 0.2) is 42.5 Å². The predicted molar refractivity (Wildman–Crippen MR) is 92.9 cm³/mol. The molecule has 0 bridgehead atoms. The van der Waals surface area contributed by atoms with Gasteiger partial charge in [0.05, 0.1) is 13.7 Å². The van der Waals surface area contributed by atoms with Gasteiger partial charge in [0.2, 0.25) is 0 Å². The maximum atomic E-state index is 11.8. The number of amides is 1. The second kappa shape index (κ2) is 8.82. The van der Waals surface area contributed by atoms with E-state index in [1.54, 1.807) is 31.4 Å². The van der Waals surface area contributed by atoms with Crippen molar-refractivity contribution in [3.63, 3.8) is 0 Å². The van der Waals surface area contributed by atoms with Crippen LogP contribution < -0.4 is 19.5 Å². The van der Waals surface area contributed by atoms with Crippen LogP contribution in [-0.2, 0) is 4.79 Å². The molecule has 1 amide bonds. The number of nitrogens with one attached hydrogen (secondary N) is 1. The number of aryl methyl sites for hydroxylation is 2. The number of benzene rings is 2. The Morgan fingerprint density at radius 1 is 1.00 bits per heavy atom. The second-order valence-corrected chi connectivity index (χ2v) is 5.43. The normalized spacial score (nSPS) is 10.1. The summed E-state index contributed by atoms with van der Waals surface area (Å²) in [5.74, 6) is 2.03. The van der Waals surface area contributed by atoms with Crippen molar-refractivity contribution in [3.05, 3.63) is 53.6 Å². The van der Waals surface area contributed by atoms with Crippen LogP contribution in [0.3, 0.4) is 0 Å². The molecule has 0 fully saturated rings. The monoisotopic (exact) mass is 329 g/mol. The van der Waals surface area contributed by atoms with Gasteiger partial charge in [-0.25, -0.2) is 0 Å². The lowest BCUT2D eigenvalue weighted by Gasteiger charge is -2.11. The SMILES string of the molecule is COc1ccc(OCC(=O)NCCOc2cc(C)ccc2C)cc1. The summed E-state index contributed by atoms with van der Waals surface area (Å²) in [5, 5.41) is 2.77. The fourth-order valence-corrected chi connectivity index (χ4v) is 2.09. The van der Waals surface area contributed by atoms with Gasteiger partial charge in [-0.05, 0) is 55.3 Å². The number of hydrogen-bond acceptors (Lipinski definition) is 4. The maximum Gasteiger partial charge on any atom is 0.258 e. The first-order valence-corrected chi connectivity index (χ1v) is 7.82. The van der Waals surface area contributed by atoms with E-state index in [0.29, 0.717) is 18.9 Å². The van der Waals surface area contributed by atoms with Gasteiger partial charge in [-0.2, -0.15) is 0 Å². The van der Waals surface area contributed by atoms with Gasteiger partial charge in [0.25, 0.3) is 5.91 Å². The fraction of sp³-hybridized carbons (Fsp3) is 0.316. The summed E-state index contributed by atoms with van der Waals surface area (Å²) >= 11 is 0. The van der Waals surface area contributed by atoms with E-state index in [-0.39, 0.29) is 12.5 Å². The molecule has 1 N–H and O–H groups in total. The summed E-state index contributed by atoms with van der Waals surface area (Å²) in [7, 11) is 1.60. The minimum Gasteiger partial charge on any atom is -0.497 e. The highest BCUT2D eigenvalue weighted by Crippen LogP contribution is 2.19. The molecule has 0 saturated heterocycles. The van der Waals surface area contributed by atoms with E-state index in [1.807, 2.05) is 32.0 Å². The number of rotatable bonds is 8. The van der Waals surface area contributed by atoms with Gasteiger partial charge in [-0.3, -0.25) is 4.79 Å². The van der Waals surface area contributed by atoms with Crippen LogP contribution in [-0.4, -0.2) is 32.8 Å². The highest BCUT2D eigenvalue weighted by molar-refractivity contribution is 5.77. The molecule has 0 aliphatic carbocycles. The van der Waals surface area contributed by atoms with Crippen LogP contribution in [0.25, 0.3) is 0 Å². The lowest BCUT2D eigenvalue weighted by Crippen LogP contribution is -2.32. The topological polar surface area (TPSA) is 56.8 Å². The van der Waals surface area contributed by atoms with Crippen molar-refractivity contribution in [1.82, 2.24) is 5.32 Å². The number of carbonyl (C=O) groups is 1. The Bertz CT molecular complexity index is 668. The number of ether oxygens (including phenoxy) is 3. The van der Waals surface area contributed by atoms with E-state index >= 15 is 0 Å². The standard InChI is InChI=1S/C19H23NO4/c1-14-4-5-15(2)18(12-14)23-11-10-20-19(21)13-24-17-8-6-16(22-3)7-9-17/h4-9,12H,10-11,13H2,1-3H3,(H,20,21). The Morgan fingerprint density at radius 2 is 1.71 bits per heavy atom. The zero-order valence-corrected chi connectivity index (χ0v) is 14.3. The molecule has 2 rings (SSSR count). The van der Waals surface area contributed by atoms with Gasteiger partial charge in [0.15, 0.2) is 6.61 Å². The number of carbonyl (C=O) groups excluding carboxylic acids is 1. The summed E-state index contributed by atoms with van der Waals surface area (Å²) in [6.45, 7) is 4.83. The average molecular weight is 329 g/mol. The van der Waals surface area contributed by atoms with Gasteiger partial charge in [0, 0.05) is 0 Å². The molecular weight excluding hydrogens is 306 g/mol. The van der Waals surface area contributed by atoms with Crippen molar-refractivity contribution in [3.8, 4) is 17.2 Å². The minimum atomic E-state index is -0.185. The summed E-state index contributed by atoms with van der Waals surface area (Å²) < 4.78 is 16.2. The third-order valence-electron chi connectivity index (χ3n) is 3.45. The molecule has 5 heteroatoms. The first-order valence-electron chi connectivity index (χ1n) is 7.82. The molecule has 0 unspecified atom stereocenters. The van der Waals surface area contributed by atoms with E-state index in [4.69, 9.17) is 14.2 Å². The molecule has 2 aromatic carbocycles. The zero-order valence-electron chi connectivity index (χ0n) is 14.3. The fourth-order valence-electron chi connectivity index (χ4n) is 2.09. The third kappa shape index (κ3) is 5.50. The molecular formula is C19H23NO4. The predicted octanol–water partition coefficient (Wildman–Crippen LogP) is 2.89. The summed E-state index contributed by atoms with van der Waals surface area (Å²) in [4.78, 5) is 11.8.